The molecule has 0 aliphatic carbocycles. The first kappa shape index (κ1) is 12.6. The number of benzene rings is 1. The Balaban J connectivity index is 3.13. The molecule has 1 rings (SSSR count). The molecule has 0 aliphatic heterocycles. The van der Waals surface area contributed by atoms with Crippen molar-refractivity contribution in [2.45, 2.75) is 20.3 Å². The van der Waals surface area contributed by atoms with Crippen molar-refractivity contribution in [3.05, 3.63) is 23.8 Å². The van der Waals surface area contributed by atoms with Gasteiger partial charge >= 0.3 is 0 Å². The van der Waals surface area contributed by atoms with E-state index in [1.165, 1.54) is 11.3 Å². The average Bonchev–Trinajstić information content (AvgIpc) is 2.26. The Kier molecular flexibility index (Phi) is 3.93. The Morgan fingerprint density at radius 1 is 1.25 bits per heavy atom. The molecule has 0 radical (unpaired) electrons. The normalized spacial score (nSPS) is 10.1. The Morgan fingerprint density at radius 3 is 2.31 bits per heavy atom. The van der Waals surface area contributed by atoms with Crippen LogP contribution in [0.25, 0.3) is 0 Å². The van der Waals surface area contributed by atoms with Crippen LogP contribution in [0.5, 0.6) is 0 Å². The second-order valence-electron chi connectivity index (χ2n) is 4.14. The van der Waals surface area contributed by atoms with Gasteiger partial charge in [-0.15, -0.1) is 0 Å². The van der Waals surface area contributed by atoms with Crippen molar-refractivity contribution >= 4 is 17.3 Å². The summed E-state index contributed by atoms with van der Waals surface area (Å²) in [6, 6.07) is 6.13. The van der Waals surface area contributed by atoms with Crippen LogP contribution in [-0.4, -0.2) is 27.1 Å². The molecule has 0 N–H and O–H groups in total. The van der Waals surface area contributed by atoms with Gasteiger partial charge in [0.25, 0.3) is 0 Å². The number of nitrogens with zero attached hydrogens (tertiary/aromatic N) is 2. The summed E-state index contributed by atoms with van der Waals surface area (Å²) in [5.74, 6) is 0.0552. The zero-order valence-corrected chi connectivity index (χ0v) is 10.7. The van der Waals surface area contributed by atoms with Crippen LogP contribution in [0.3, 0.4) is 0 Å². The highest BCUT2D eigenvalue weighted by atomic mass is 16.2. The summed E-state index contributed by atoms with van der Waals surface area (Å²) >= 11 is 0. The third kappa shape index (κ3) is 2.54. The van der Waals surface area contributed by atoms with Crippen LogP contribution in [0.15, 0.2) is 18.2 Å². The minimum absolute atomic E-state index is 0.0552. The predicted molar refractivity (Wildman–Crippen MR) is 69.2 cm³/mol. The van der Waals surface area contributed by atoms with Gasteiger partial charge < -0.3 is 9.80 Å². The van der Waals surface area contributed by atoms with E-state index in [4.69, 9.17) is 0 Å². The van der Waals surface area contributed by atoms with Crippen molar-refractivity contribution < 1.29 is 4.79 Å². The number of carbonyl (C=O) groups excluding carboxylic acids is 1. The van der Waals surface area contributed by atoms with E-state index in [0.717, 1.165) is 12.1 Å². The number of hydrogen-bond donors (Lipinski definition) is 0. The van der Waals surface area contributed by atoms with Crippen LogP contribution in [0.4, 0.5) is 11.4 Å². The van der Waals surface area contributed by atoms with E-state index < -0.39 is 0 Å². The molecule has 0 heterocycles. The van der Waals surface area contributed by atoms with Gasteiger partial charge in [-0.1, -0.05) is 6.92 Å². The first-order valence-corrected chi connectivity index (χ1v) is 5.52. The van der Waals surface area contributed by atoms with E-state index in [1.807, 2.05) is 20.2 Å². The van der Waals surface area contributed by atoms with Crippen molar-refractivity contribution in [2.24, 2.45) is 0 Å². The molecule has 3 nitrogen and oxygen atoms in total. The molecule has 3 heteroatoms. The molecule has 0 aliphatic rings. The first-order valence-electron chi connectivity index (χ1n) is 5.52. The third-order valence-electron chi connectivity index (χ3n) is 2.79. The van der Waals surface area contributed by atoms with Crippen molar-refractivity contribution in [3.8, 4) is 0 Å². The van der Waals surface area contributed by atoms with Crippen LogP contribution in [0.1, 0.15) is 19.4 Å². The summed E-state index contributed by atoms with van der Waals surface area (Å²) < 4.78 is 0. The van der Waals surface area contributed by atoms with E-state index in [0.29, 0.717) is 0 Å². The summed E-state index contributed by atoms with van der Waals surface area (Å²) in [4.78, 5) is 15.0. The number of rotatable bonds is 3. The van der Waals surface area contributed by atoms with Crippen LogP contribution < -0.4 is 9.80 Å². The molecule has 0 aromatic heterocycles. The van der Waals surface area contributed by atoms with Crippen LogP contribution in [-0.2, 0) is 11.2 Å². The summed E-state index contributed by atoms with van der Waals surface area (Å²) in [7, 11) is 5.86. The lowest BCUT2D eigenvalue weighted by Gasteiger charge is -2.21. The zero-order chi connectivity index (χ0) is 12.3. The summed E-state index contributed by atoms with van der Waals surface area (Å²) in [5.41, 5.74) is 3.42. The van der Waals surface area contributed by atoms with Crippen molar-refractivity contribution in [1.29, 1.82) is 0 Å². The highest BCUT2D eigenvalue weighted by Crippen LogP contribution is 2.25. The van der Waals surface area contributed by atoms with Gasteiger partial charge in [-0.25, -0.2) is 0 Å². The number of anilines is 2. The summed E-state index contributed by atoms with van der Waals surface area (Å²) in [6.45, 7) is 3.70. The smallest absolute Gasteiger partial charge is 0.223 e. The van der Waals surface area contributed by atoms with Gasteiger partial charge in [0.1, 0.15) is 0 Å². The van der Waals surface area contributed by atoms with Gasteiger partial charge in [-0.3, -0.25) is 4.79 Å². The summed E-state index contributed by atoms with van der Waals surface area (Å²) in [5, 5.41) is 0. The molecule has 0 bridgehead atoms. The maximum Gasteiger partial charge on any atom is 0.223 e. The van der Waals surface area contributed by atoms with Crippen molar-refractivity contribution in [2.75, 3.05) is 30.9 Å². The second kappa shape index (κ2) is 5.01. The van der Waals surface area contributed by atoms with Crippen molar-refractivity contribution in [3.63, 3.8) is 0 Å². The first-order chi connectivity index (χ1) is 7.47. The standard InChI is InChI=1S/C13H20N2O/c1-6-11-9-12(15(5)10(2)16)7-8-13(11)14(3)4/h7-9H,6H2,1-5H3. The van der Waals surface area contributed by atoms with Gasteiger partial charge in [0.15, 0.2) is 0 Å². The van der Waals surface area contributed by atoms with Gasteiger partial charge in [0.2, 0.25) is 5.91 Å². The van der Waals surface area contributed by atoms with Crippen LogP contribution in [0.2, 0.25) is 0 Å². The Labute approximate surface area is 97.7 Å². The lowest BCUT2D eigenvalue weighted by atomic mass is 10.1. The second-order valence-corrected chi connectivity index (χ2v) is 4.14. The van der Waals surface area contributed by atoms with Crippen LogP contribution in [0, 0.1) is 0 Å². The molecule has 0 fully saturated rings. The van der Waals surface area contributed by atoms with E-state index in [1.54, 1.807) is 18.9 Å². The lowest BCUT2D eigenvalue weighted by molar-refractivity contribution is -0.116. The highest BCUT2D eigenvalue weighted by Gasteiger charge is 2.09. The lowest BCUT2D eigenvalue weighted by Crippen LogP contribution is -2.23. The molecule has 0 saturated carbocycles. The maximum atomic E-state index is 11.3. The molecule has 1 aromatic rings. The van der Waals surface area contributed by atoms with E-state index >= 15 is 0 Å². The summed E-state index contributed by atoms with van der Waals surface area (Å²) in [6.07, 6.45) is 0.965. The number of amides is 1. The molecule has 88 valence electrons. The largest absolute Gasteiger partial charge is 0.377 e. The average molecular weight is 220 g/mol. The SMILES string of the molecule is CCc1cc(N(C)C(C)=O)ccc1N(C)C. The number of aryl methyl sites for hydroxylation is 1. The topological polar surface area (TPSA) is 23.6 Å². The molecule has 0 spiro atoms. The van der Waals surface area contributed by atoms with Gasteiger partial charge in [-0.2, -0.15) is 0 Å². The predicted octanol–water partition coefficient (Wildman–Crippen LogP) is 2.30. The molecule has 0 atom stereocenters. The third-order valence-corrected chi connectivity index (χ3v) is 2.79. The van der Waals surface area contributed by atoms with Crippen molar-refractivity contribution in [1.82, 2.24) is 0 Å². The number of hydrogen-bond acceptors (Lipinski definition) is 2. The minimum Gasteiger partial charge on any atom is -0.377 e. The molecular formula is C13H20N2O. The molecule has 1 aromatic carbocycles. The van der Waals surface area contributed by atoms with E-state index in [2.05, 4.69) is 24.0 Å². The molecular weight excluding hydrogens is 200 g/mol. The van der Waals surface area contributed by atoms with Gasteiger partial charge in [-0.05, 0) is 30.2 Å². The highest BCUT2D eigenvalue weighted by molar-refractivity contribution is 5.91. The fraction of sp³-hybridized carbons (Fsp3) is 0.462. The van der Waals surface area contributed by atoms with Gasteiger partial charge in [0.05, 0.1) is 0 Å². The van der Waals surface area contributed by atoms with Crippen LogP contribution >= 0.6 is 0 Å². The zero-order valence-electron chi connectivity index (χ0n) is 10.7. The quantitative estimate of drug-likeness (QED) is 0.780. The molecule has 1 amide bonds. The van der Waals surface area contributed by atoms with Gasteiger partial charge in [0, 0.05) is 39.4 Å². The fourth-order valence-corrected chi connectivity index (χ4v) is 1.68. The minimum atomic E-state index is 0.0552. The molecule has 0 saturated heterocycles. The number of carbonyl (C=O) groups is 1. The molecule has 0 unspecified atom stereocenters. The maximum absolute atomic E-state index is 11.3. The fourth-order valence-electron chi connectivity index (χ4n) is 1.68. The monoisotopic (exact) mass is 220 g/mol. The van der Waals surface area contributed by atoms with E-state index in [9.17, 15) is 4.79 Å². The Morgan fingerprint density at radius 2 is 1.88 bits per heavy atom. The Bertz CT molecular complexity index is 386. The van der Waals surface area contributed by atoms with E-state index in [-0.39, 0.29) is 5.91 Å². The molecule has 16 heavy (non-hydrogen) atoms. The Hall–Kier alpha value is -1.51.